The van der Waals surface area contributed by atoms with Gasteiger partial charge in [-0.3, -0.25) is 19.0 Å². The molecule has 2 saturated heterocycles. The molecule has 2 aromatic heterocycles. The number of benzene rings is 4. The van der Waals surface area contributed by atoms with E-state index in [9.17, 15) is 24.3 Å². The first-order chi connectivity index (χ1) is 29.5. The fourth-order valence-corrected chi connectivity index (χ4v) is 9.25. The van der Waals surface area contributed by atoms with Gasteiger partial charge in [0, 0.05) is 88.2 Å². The van der Waals surface area contributed by atoms with Crippen LogP contribution in [0.5, 0.6) is 11.5 Å². The average molecular weight is 861 g/mol. The molecule has 0 unspecified atom stereocenters. The molecule has 0 aliphatic carbocycles. The summed E-state index contributed by atoms with van der Waals surface area (Å²) < 4.78 is 21.7. The third-order valence-electron chi connectivity index (χ3n) is 12.4. The van der Waals surface area contributed by atoms with E-state index >= 15 is 0 Å². The van der Waals surface area contributed by atoms with E-state index in [4.69, 9.17) is 14.2 Å². The SMILES string of the molecule is COC(=O)c1ccccc1C(=O)N1CCC2(CC1)Oc1ccccc1-c1c2cnn1C.Cn1ncc2c1-c1ccccc1OC21CCN(C(=O)c2ccccc2C(=O)O)CC1.[Na+].[OH-]. The molecule has 0 saturated carbocycles. The molecule has 16 heteroatoms. The Hall–Kier alpha value is -6.26. The minimum absolute atomic E-state index is 0. The first-order valence-electron chi connectivity index (χ1n) is 20.2. The number of amides is 2. The topological polar surface area (TPSA) is 188 Å². The van der Waals surface area contributed by atoms with Gasteiger partial charge in [0.05, 0.1) is 53.1 Å². The number of methoxy groups -OCH3 is 1. The average Bonchev–Trinajstić information content (AvgIpc) is 3.90. The van der Waals surface area contributed by atoms with Gasteiger partial charge in [-0.25, -0.2) is 9.59 Å². The Morgan fingerprint density at radius 1 is 0.587 bits per heavy atom. The second-order valence-corrected chi connectivity index (χ2v) is 15.7. The number of esters is 1. The summed E-state index contributed by atoms with van der Waals surface area (Å²) in [4.78, 5) is 53.4. The number of nitrogens with zero attached hydrogens (tertiary/aromatic N) is 6. The largest absolute Gasteiger partial charge is 1.00 e. The molecule has 6 aromatic rings. The monoisotopic (exact) mass is 860 g/mol. The van der Waals surface area contributed by atoms with Crippen LogP contribution < -0.4 is 39.0 Å². The zero-order valence-electron chi connectivity index (χ0n) is 35.5. The van der Waals surface area contributed by atoms with Gasteiger partial charge < -0.3 is 34.6 Å². The molecule has 63 heavy (non-hydrogen) atoms. The number of aromatic carboxylic acids is 1. The number of hydrogen-bond donors (Lipinski definition) is 1. The molecule has 2 N–H and O–H groups in total. The maximum absolute atomic E-state index is 13.2. The first-order valence-corrected chi connectivity index (χ1v) is 20.2. The number of fused-ring (bicyclic) bond motifs is 8. The summed E-state index contributed by atoms with van der Waals surface area (Å²) in [5.74, 6) is -0.368. The van der Waals surface area contributed by atoms with Gasteiger partial charge in [0.15, 0.2) is 0 Å². The number of likely N-dealkylation sites (tertiary alicyclic amines) is 2. The van der Waals surface area contributed by atoms with Gasteiger partial charge in [-0.15, -0.1) is 0 Å². The van der Waals surface area contributed by atoms with E-state index in [-0.39, 0.29) is 63.5 Å². The number of aromatic nitrogens is 4. The van der Waals surface area contributed by atoms with Gasteiger partial charge >= 0.3 is 41.5 Å². The summed E-state index contributed by atoms with van der Waals surface area (Å²) >= 11 is 0. The van der Waals surface area contributed by atoms with Crippen molar-refractivity contribution in [3.63, 3.8) is 0 Å². The van der Waals surface area contributed by atoms with E-state index in [1.807, 2.05) is 84.4 Å². The molecule has 15 nitrogen and oxygen atoms in total. The second-order valence-electron chi connectivity index (χ2n) is 15.7. The number of aryl methyl sites for hydroxylation is 2. The van der Waals surface area contributed by atoms with E-state index in [1.165, 1.54) is 13.2 Å². The van der Waals surface area contributed by atoms with E-state index in [2.05, 4.69) is 10.2 Å². The maximum Gasteiger partial charge on any atom is 1.00 e. The number of carboxylic acid groups (broad SMARTS) is 1. The second kappa shape index (κ2) is 17.8. The predicted octanol–water partition coefficient (Wildman–Crippen LogP) is 3.53. The predicted molar refractivity (Wildman–Crippen MR) is 225 cm³/mol. The van der Waals surface area contributed by atoms with E-state index in [0.29, 0.717) is 57.4 Å². The normalized spacial score (nSPS) is 15.9. The number of para-hydroxylation sites is 2. The summed E-state index contributed by atoms with van der Waals surface area (Å²) in [5.41, 5.74) is 6.12. The summed E-state index contributed by atoms with van der Waals surface area (Å²) in [6, 6.07) is 29.1. The Morgan fingerprint density at radius 2 is 0.952 bits per heavy atom. The van der Waals surface area contributed by atoms with Crippen LogP contribution in [-0.2, 0) is 30.0 Å². The molecule has 2 fully saturated rings. The standard InChI is InChI=1S/C24H23N3O4.C23H21N3O4.Na.H2O/c1-26-21-18-9-5-6-10-20(18)31-24(19(21)15-25-26)11-13-27(14-12-24)22(28)16-7-3-4-8-17(16)23(29)30-2;1-25-20-17-8-4-5-9-19(17)30-23(18(20)14-24-25)10-12-26(13-11-23)21(27)15-6-2-3-7-16(15)22(28)29;;/h3-10,15H,11-14H2,1-2H3;2-9,14H,10-13H2,1H3,(H,28,29);;1H2/q;;+1;/p-1. The van der Waals surface area contributed by atoms with Crippen LogP contribution in [0, 0.1) is 0 Å². The van der Waals surface area contributed by atoms with Gasteiger partial charge in [-0.05, 0) is 48.5 Å². The van der Waals surface area contributed by atoms with Crippen LogP contribution >= 0.6 is 0 Å². The van der Waals surface area contributed by atoms with Crippen molar-refractivity contribution in [1.82, 2.24) is 29.4 Å². The third kappa shape index (κ3) is 7.79. The molecular weight excluding hydrogens is 816 g/mol. The smallest absolute Gasteiger partial charge is 0.870 e. The molecule has 4 aliphatic heterocycles. The minimum atomic E-state index is -1.10. The Labute approximate surface area is 385 Å². The van der Waals surface area contributed by atoms with Crippen molar-refractivity contribution >= 4 is 23.8 Å². The van der Waals surface area contributed by atoms with Crippen molar-refractivity contribution in [2.45, 2.75) is 36.9 Å². The van der Waals surface area contributed by atoms with Crippen LogP contribution in [0.3, 0.4) is 0 Å². The van der Waals surface area contributed by atoms with E-state index in [0.717, 1.165) is 45.1 Å². The molecule has 10 rings (SSSR count). The van der Waals surface area contributed by atoms with Gasteiger partial charge in [0.1, 0.15) is 22.7 Å². The zero-order chi connectivity index (χ0) is 42.5. The molecule has 2 spiro atoms. The third-order valence-corrected chi connectivity index (χ3v) is 12.4. The zero-order valence-corrected chi connectivity index (χ0v) is 37.5. The van der Waals surface area contributed by atoms with Crippen LogP contribution in [0.15, 0.2) is 109 Å². The number of carbonyl (C=O) groups excluding carboxylic acids is 3. The number of carboxylic acids is 1. The van der Waals surface area contributed by atoms with Gasteiger partial charge in [-0.1, -0.05) is 48.5 Å². The van der Waals surface area contributed by atoms with E-state index < -0.39 is 23.1 Å². The molecule has 0 bridgehead atoms. The fraction of sp³-hybridized carbons (Fsp3) is 0.277. The molecule has 6 heterocycles. The molecule has 0 atom stereocenters. The summed E-state index contributed by atoms with van der Waals surface area (Å²) in [5, 5.41) is 18.4. The Bertz CT molecular complexity index is 2710. The number of carbonyl (C=O) groups is 4. The van der Waals surface area contributed by atoms with Crippen molar-refractivity contribution < 1.29 is 73.5 Å². The number of rotatable bonds is 4. The fourth-order valence-electron chi connectivity index (χ4n) is 9.25. The minimum Gasteiger partial charge on any atom is -0.870 e. The van der Waals surface area contributed by atoms with E-state index in [1.54, 1.807) is 52.3 Å². The first kappa shape index (κ1) is 44.8. The maximum atomic E-state index is 13.2. The van der Waals surface area contributed by atoms with Crippen molar-refractivity contribution in [2.24, 2.45) is 14.1 Å². The van der Waals surface area contributed by atoms with Gasteiger partial charge in [0.25, 0.3) is 11.8 Å². The molecular formula is C47H45N6NaO9. The molecule has 2 amide bonds. The van der Waals surface area contributed by atoms with Crippen LogP contribution in [0.4, 0.5) is 0 Å². The molecule has 318 valence electrons. The van der Waals surface area contributed by atoms with Crippen LogP contribution in [0.1, 0.15) is 78.2 Å². The quantitative estimate of drug-likeness (QED) is 0.202. The van der Waals surface area contributed by atoms with Crippen molar-refractivity contribution in [3.8, 4) is 34.0 Å². The number of ether oxygens (including phenoxy) is 3. The number of piperidine rings is 2. The van der Waals surface area contributed by atoms with Crippen LogP contribution in [-0.4, -0.2) is 97.0 Å². The van der Waals surface area contributed by atoms with Gasteiger partial charge in [0.2, 0.25) is 0 Å². The van der Waals surface area contributed by atoms with Crippen molar-refractivity contribution in [1.29, 1.82) is 0 Å². The summed E-state index contributed by atoms with van der Waals surface area (Å²) in [7, 11) is 5.19. The van der Waals surface area contributed by atoms with Crippen LogP contribution in [0.2, 0.25) is 0 Å². The van der Waals surface area contributed by atoms with Crippen molar-refractivity contribution in [2.75, 3.05) is 33.3 Å². The van der Waals surface area contributed by atoms with Crippen molar-refractivity contribution in [3.05, 3.63) is 143 Å². The molecule has 0 radical (unpaired) electrons. The molecule has 4 aromatic carbocycles. The Balaban J connectivity index is 0.000000183. The summed E-state index contributed by atoms with van der Waals surface area (Å²) in [6.07, 6.45) is 6.26. The Kier molecular flexibility index (Phi) is 12.7. The summed E-state index contributed by atoms with van der Waals surface area (Å²) in [6.45, 7) is 1.99. The molecule has 4 aliphatic rings. The Morgan fingerprint density at radius 3 is 1.37 bits per heavy atom. The number of hydrogen-bond acceptors (Lipinski definition) is 10. The van der Waals surface area contributed by atoms with Crippen LogP contribution in [0.25, 0.3) is 22.5 Å². The van der Waals surface area contributed by atoms with Gasteiger partial charge in [-0.2, -0.15) is 10.2 Å².